The highest BCUT2D eigenvalue weighted by Crippen LogP contribution is 2.23. The average Bonchev–Trinajstić information content (AvgIpc) is 3.07. The lowest BCUT2D eigenvalue weighted by Gasteiger charge is -2.08. The summed E-state index contributed by atoms with van der Waals surface area (Å²) in [4.78, 5) is 39.7. The van der Waals surface area contributed by atoms with Crippen molar-refractivity contribution in [3.63, 3.8) is 0 Å². The molecule has 0 saturated carbocycles. The number of ether oxygens (including phenoxy) is 1. The van der Waals surface area contributed by atoms with E-state index in [1.54, 1.807) is 29.6 Å². The predicted octanol–water partition coefficient (Wildman–Crippen LogP) is 2.84. The van der Waals surface area contributed by atoms with E-state index in [-0.39, 0.29) is 16.3 Å². The Hall–Kier alpha value is -2.97. The lowest BCUT2D eigenvalue weighted by Crippen LogP contribution is -2.22. The molecule has 3 rings (SSSR count). The number of benzene rings is 1. The van der Waals surface area contributed by atoms with Crippen LogP contribution in [0.25, 0.3) is 10.9 Å². The van der Waals surface area contributed by atoms with Crippen molar-refractivity contribution in [2.45, 2.75) is 0 Å². The van der Waals surface area contributed by atoms with E-state index < -0.39 is 24.4 Å². The molecule has 3 N–H and O–H groups in total. The minimum absolute atomic E-state index is 0.143. The van der Waals surface area contributed by atoms with E-state index >= 15 is 0 Å². The number of halogens is 1. The van der Waals surface area contributed by atoms with E-state index in [0.717, 1.165) is 11.3 Å². The van der Waals surface area contributed by atoms with Crippen LogP contribution in [0.1, 0.15) is 20.7 Å². The van der Waals surface area contributed by atoms with Crippen molar-refractivity contribution >= 4 is 56.6 Å². The van der Waals surface area contributed by atoms with Crippen LogP contribution >= 0.6 is 22.9 Å². The van der Waals surface area contributed by atoms with Gasteiger partial charge in [0.05, 0.1) is 16.6 Å². The number of rotatable bonds is 5. The van der Waals surface area contributed by atoms with Gasteiger partial charge in [-0.2, -0.15) is 0 Å². The van der Waals surface area contributed by atoms with Gasteiger partial charge in [0.25, 0.3) is 11.8 Å². The summed E-state index contributed by atoms with van der Waals surface area (Å²) in [5.74, 6) is -1.95. The number of nitrogens with one attached hydrogen (secondary N) is 1. The molecule has 7 nitrogen and oxygen atoms in total. The smallest absolute Gasteiger partial charge is 0.339 e. The topological polar surface area (TPSA) is 111 Å². The van der Waals surface area contributed by atoms with Crippen molar-refractivity contribution in [1.82, 2.24) is 4.98 Å². The third kappa shape index (κ3) is 3.81. The lowest BCUT2D eigenvalue weighted by atomic mass is 10.1. The molecule has 0 bridgehead atoms. The van der Waals surface area contributed by atoms with Crippen LogP contribution in [0.3, 0.4) is 0 Å². The van der Waals surface area contributed by atoms with Crippen molar-refractivity contribution in [1.29, 1.82) is 0 Å². The van der Waals surface area contributed by atoms with Crippen molar-refractivity contribution in [2.75, 3.05) is 11.9 Å². The number of anilines is 1. The second-order valence-electron chi connectivity index (χ2n) is 5.16. The third-order valence-electron chi connectivity index (χ3n) is 3.42. The summed E-state index contributed by atoms with van der Waals surface area (Å²) in [6.45, 7) is -0.525. The average molecular weight is 390 g/mol. The Morgan fingerprint density at radius 3 is 2.73 bits per heavy atom. The summed E-state index contributed by atoms with van der Waals surface area (Å²) in [6.07, 6.45) is 0. The number of thiophene rings is 1. The molecule has 0 spiro atoms. The molecule has 132 valence electrons. The van der Waals surface area contributed by atoms with Gasteiger partial charge in [0, 0.05) is 5.39 Å². The van der Waals surface area contributed by atoms with Gasteiger partial charge in [0.15, 0.2) is 6.61 Å². The zero-order valence-corrected chi connectivity index (χ0v) is 14.8. The fourth-order valence-corrected chi connectivity index (χ4v) is 3.29. The van der Waals surface area contributed by atoms with Gasteiger partial charge in [0.1, 0.15) is 10.2 Å². The van der Waals surface area contributed by atoms with Crippen LogP contribution in [0, 0.1) is 0 Å². The molecular weight excluding hydrogens is 378 g/mol. The largest absolute Gasteiger partial charge is 0.452 e. The van der Waals surface area contributed by atoms with E-state index in [2.05, 4.69) is 10.3 Å². The number of pyridine rings is 1. The molecule has 0 fully saturated rings. The highest BCUT2D eigenvalue weighted by Gasteiger charge is 2.17. The van der Waals surface area contributed by atoms with E-state index in [1.807, 2.05) is 0 Å². The van der Waals surface area contributed by atoms with Crippen molar-refractivity contribution in [3.8, 4) is 0 Å². The van der Waals surface area contributed by atoms with E-state index in [0.29, 0.717) is 15.9 Å². The predicted molar refractivity (Wildman–Crippen MR) is 98.5 cm³/mol. The number of primary amides is 1. The van der Waals surface area contributed by atoms with Gasteiger partial charge in [-0.05, 0) is 23.6 Å². The molecule has 2 heterocycles. The number of hydrogen-bond donors (Lipinski definition) is 2. The molecule has 0 aliphatic heterocycles. The van der Waals surface area contributed by atoms with Crippen molar-refractivity contribution < 1.29 is 19.1 Å². The molecule has 0 saturated heterocycles. The van der Waals surface area contributed by atoms with Gasteiger partial charge >= 0.3 is 5.97 Å². The first-order chi connectivity index (χ1) is 12.5. The highest BCUT2D eigenvalue weighted by molar-refractivity contribution is 7.14. The molecular formula is C17H12ClN3O4S. The summed E-state index contributed by atoms with van der Waals surface area (Å²) in [6, 6.07) is 9.83. The zero-order chi connectivity index (χ0) is 18.7. The molecule has 0 unspecified atom stereocenters. The minimum Gasteiger partial charge on any atom is -0.452 e. The summed E-state index contributed by atoms with van der Waals surface area (Å²) in [5, 5.41) is 5.12. The fourth-order valence-electron chi connectivity index (χ4n) is 2.28. The summed E-state index contributed by atoms with van der Waals surface area (Å²) in [7, 11) is 0. The molecule has 0 aliphatic carbocycles. The number of para-hydroxylation sites is 1. The molecule has 2 aromatic heterocycles. The Kier molecular flexibility index (Phi) is 5.15. The monoisotopic (exact) mass is 389 g/mol. The van der Waals surface area contributed by atoms with Crippen molar-refractivity contribution in [3.05, 3.63) is 58.1 Å². The molecule has 0 radical (unpaired) electrons. The summed E-state index contributed by atoms with van der Waals surface area (Å²) in [5.41, 5.74) is 6.16. The Balaban J connectivity index is 1.70. The second kappa shape index (κ2) is 7.51. The molecule has 1 aromatic carbocycles. The number of nitrogens with two attached hydrogens (primary N) is 1. The van der Waals surface area contributed by atoms with Gasteiger partial charge < -0.3 is 15.8 Å². The first-order valence-electron chi connectivity index (χ1n) is 7.35. The normalized spacial score (nSPS) is 10.5. The standard InChI is InChI=1S/C17H12ClN3O4S/c18-13-7-11(9-3-1-2-4-12(9)20-13)17(24)25-8-14(22)21-16-10(15(19)23)5-6-26-16/h1-7H,8H2,(H2,19,23)(H,21,22). The first kappa shape index (κ1) is 17.8. The van der Waals surface area contributed by atoms with E-state index in [9.17, 15) is 14.4 Å². The maximum absolute atomic E-state index is 12.3. The number of carbonyl (C=O) groups is 3. The Morgan fingerprint density at radius 2 is 1.96 bits per heavy atom. The Bertz CT molecular complexity index is 1020. The van der Waals surface area contributed by atoms with Crippen LogP contribution < -0.4 is 11.1 Å². The number of aromatic nitrogens is 1. The molecule has 3 aromatic rings. The number of amides is 2. The molecule has 2 amide bonds. The maximum atomic E-state index is 12.3. The molecule has 9 heteroatoms. The van der Waals surface area contributed by atoms with Crippen molar-refractivity contribution in [2.24, 2.45) is 5.73 Å². The van der Waals surface area contributed by atoms with E-state index in [1.165, 1.54) is 12.1 Å². The Morgan fingerprint density at radius 1 is 1.19 bits per heavy atom. The molecule has 0 aliphatic rings. The van der Waals surface area contributed by atoms with Crippen LogP contribution in [-0.2, 0) is 9.53 Å². The quantitative estimate of drug-likeness (QED) is 0.514. The van der Waals surface area contributed by atoms with Crippen LogP contribution in [0.5, 0.6) is 0 Å². The van der Waals surface area contributed by atoms with Crippen LogP contribution in [0.4, 0.5) is 5.00 Å². The van der Waals surface area contributed by atoms with Crippen LogP contribution in [0.15, 0.2) is 41.8 Å². The summed E-state index contributed by atoms with van der Waals surface area (Å²) < 4.78 is 5.05. The number of hydrogen-bond acceptors (Lipinski definition) is 6. The van der Waals surface area contributed by atoms with Gasteiger partial charge in [-0.1, -0.05) is 29.8 Å². The maximum Gasteiger partial charge on any atom is 0.339 e. The fraction of sp³-hybridized carbons (Fsp3) is 0.0588. The number of carbonyl (C=O) groups excluding carboxylic acids is 3. The second-order valence-corrected chi connectivity index (χ2v) is 6.47. The summed E-state index contributed by atoms with van der Waals surface area (Å²) >= 11 is 7.07. The minimum atomic E-state index is -0.707. The highest BCUT2D eigenvalue weighted by atomic mass is 35.5. The SMILES string of the molecule is NC(=O)c1ccsc1NC(=O)COC(=O)c1cc(Cl)nc2ccccc12. The van der Waals surface area contributed by atoms with E-state index in [4.69, 9.17) is 22.1 Å². The van der Waals surface area contributed by atoms with Gasteiger partial charge in [-0.3, -0.25) is 9.59 Å². The number of fused-ring (bicyclic) bond motifs is 1. The van der Waals surface area contributed by atoms with Crippen LogP contribution in [-0.4, -0.2) is 29.4 Å². The third-order valence-corrected chi connectivity index (χ3v) is 4.45. The van der Waals surface area contributed by atoms with Gasteiger partial charge in [-0.25, -0.2) is 9.78 Å². The Labute approximate surface area is 156 Å². The number of nitrogens with zero attached hydrogens (tertiary/aromatic N) is 1. The lowest BCUT2D eigenvalue weighted by molar-refractivity contribution is -0.119. The first-order valence-corrected chi connectivity index (χ1v) is 8.61. The zero-order valence-electron chi connectivity index (χ0n) is 13.2. The van der Waals surface area contributed by atoms with Gasteiger partial charge in [0.2, 0.25) is 0 Å². The number of esters is 1. The van der Waals surface area contributed by atoms with Gasteiger partial charge in [-0.15, -0.1) is 11.3 Å². The molecule has 26 heavy (non-hydrogen) atoms. The molecule has 0 atom stereocenters. The van der Waals surface area contributed by atoms with Crippen LogP contribution in [0.2, 0.25) is 5.15 Å².